The topological polar surface area (TPSA) is 42.4 Å². The predicted molar refractivity (Wildman–Crippen MR) is 68.1 cm³/mol. The number of carbonyl (C=O) groups excluding carboxylic acids is 1. The predicted octanol–water partition coefficient (Wildman–Crippen LogP) is 3.23. The smallest absolute Gasteiger partial charge is 0.415 e. The molecule has 0 atom stereocenters. The van der Waals surface area contributed by atoms with Gasteiger partial charge in [-0.15, -0.1) is 0 Å². The van der Waals surface area contributed by atoms with Gasteiger partial charge in [0.25, 0.3) is 0 Å². The van der Waals surface area contributed by atoms with E-state index in [0.29, 0.717) is 0 Å². The average molecular weight is 236 g/mol. The van der Waals surface area contributed by atoms with Crippen LogP contribution in [-0.4, -0.2) is 22.7 Å². The number of ether oxygens (including phenoxy) is 1. The average Bonchev–Trinajstić information content (AvgIpc) is 2.15. The molecule has 1 heterocycles. The zero-order chi connectivity index (χ0) is 13.1. The van der Waals surface area contributed by atoms with Crippen molar-refractivity contribution < 1.29 is 9.53 Å². The Morgan fingerprint density at radius 2 is 2.06 bits per heavy atom. The van der Waals surface area contributed by atoms with Crippen LogP contribution in [0.25, 0.3) is 0 Å². The number of rotatable bonds is 2. The van der Waals surface area contributed by atoms with Crippen molar-refractivity contribution in [3.05, 3.63) is 24.5 Å². The molecule has 0 saturated heterocycles. The largest absolute Gasteiger partial charge is 0.443 e. The second-order valence-electron chi connectivity index (χ2n) is 5.16. The Morgan fingerprint density at radius 3 is 2.47 bits per heavy atom. The van der Waals surface area contributed by atoms with Crippen molar-refractivity contribution in [3.8, 4) is 0 Å². The zero-order valence-corrected chi connectivity index (χ0v) is 11.1. The molecule has 0 aliphatic heterocycles. The summed E-state index contributed by atoms with van der Waals surface area (Å²) < 4.78 is 5.37. The van der Waals surface area contributed by atoms with Gasteiger partial charge in [-0.3, -0.25) is 9.88 Å². The van der Waals surface area contributed by atoms with Crippen molar-refractivity contribution in [2.75, 3.05) is 4.90 Å². The van der Waals surface area contributed by atoms with Gasteiger partial charge >= 0.3 is 6.09 Å². The molecular weight excluding hydrogens is 216 g/mol. The lowest BCUT2D eigenvalue weighted by Crippen LogP contribution is -2.41. The minimum atomic E-state index is -0.494. The maximum absolute atomic E-state index is 12.1. The molecule has 0 aliphatic rings. The van der Waals surface area contributed by atoms with Crippen molar-refractivity contribution in [2.45, 2.75) is 46.3 Å². The first-order valence-electron chi connectivity index (χ1n) is 5.73. The summed E-state index contributed by atoms with van der Waals surface area (Å²) in [5.74, 6) is 0. The summed E-state index contributed by atoms with van der Waals surface area (Å²) in [7, 11) is 0. The first-order chi connectivity index (χ1) is 7.81. The molecule has 1 aromatic rings. The number of hydrogen-bond acceptors (Lipinski definition) is 3. The molecule has 0 aliphatic carbocycles. The molecule has 4 heteroatoms. The van der Waals surface area contributed by atoms with E-state index in [1.54, 1.807) is 23.4 Å². The standard InChI is InChI=1S/C13H20N2O2/c1-10(2)15(11-7-6-8-14-9-11)12(16)17-13(3,4)5/h6-10H,1-5H3. The second kappa shape index (κ2) is 5.17. The van der Waals surface area contributed by atoms with Crippen LogP contribution in [0.1, 0.15) is 34.6 Å². The van der Waals surface area contributed by atoms with E-state index >= 15 is 0 Å². The maximum atomic E-state index is 12.1. The number of hydrogen-bond donors (Lipinski definition) is 0. The highest BCUT2D eigenvalue weighted by Gasteiger charge is 2.25. The Labute approximate surface area is 103 Å². The monoisotopic (exact) mass is 236 g/mol. The van der Waals surface area contributed by atoms with E-state index in [0.717, 1.165) is 5.69 Å². The van der Waals surface area contributed by atoms with E-state index in [2.05, 4.69) is 4.98 Å². The molecule has 4 nitrogen and oxygen atoms in total. The molecule has 0 N–H and O–H groups in total. The molecule has 0 fully saturated rings. The SMILES string of the molecule is CC(C)N(C(=O)OC(C)(C)C)c1cccnc1. The van der Waals surface area contributed by atoms with Crippen LogP contribution < -0.4 is 4.90 Å². The molecule has 94 valence electrons. The van der Waals surface area contributed by atoms with Gasteiger partial charge in [0.2, 0.25) is 0 Å². The van der Waals surface area contributed by atoms with Crippen LogP contribution in [0.15, 0.2) is 24.5 Å². The van der Waals surface area contributed by atoms with Crippen molar-refractivity contribution in [1.29, 1.82) is 0 Å². The molecule has 0 spiro atoms. The van der Waals surface area contributed by atoms with Crippen molar-refractivity contribution in [1.82, 2.24) is 4.98 Å². The highest BCUT2D eigenvalue weighted by atomic mass is 16.6. The Hall–Kier alpha value is -1.58. The summed E-state index contributed by atoms with van der Waals surface area (Å²) in [6.45, 7) is 9.44. The number of carbonyl (C=O) groups is 1. The van der Waals surface area contributed by atoms with E-state index < -0.39 is 5.60 Å². The molecule has 0 saturated carbocycles. The lowest BCUT2D eigenvalue weighted by molar-refractivity contribution is 0.0570. The highest BCUT2D eigenvalue weighted by molar-refractivity contribution is 5.88. The summed E-state index contributed by atoms with van der Waals surface area (Å²) in [5.41, 5.74) is 0.253. The molecule has 0 aromatic carbocycles. The minimum absolute atomic E-state index is 0.0223. The van der Waals surface area contributed by atoms with E-state index in [1.165, 1.54) is 0 Å². The Morgan fingerprint density at radius 1 is 1.41 bits per heavy atom. The summed E-state index contributed by atoms with van der Waals surface area (Å²) >= 11 is 0. The quantitative estimate of drug-likeness (QED) is 0.791. The first-order valence-corrected chi connectivity index (χ1v) is 5.73. The van der Waals surface area contributed by atoms with Gasteiger partial charge in [0, 0.05) is 12.2 Å². The van der Waals surface area contributed by atoms with Crippen LogP contribution in [0.3, 0.4) is 0 Å². The van der Waals surface area contributed by atoms with Crippen LogP contribution in [-0.2, 0) is 4.74 Å². The molecule has 0 bridgehead atoms. The van der Waals surface area contributed by atoms with Crippen molar-refractivity contribution in [2.24, 2.45) is 0 Å². The zero-order valence-electron chi connectivity index (χ0n) is 11.1. The van der Waals surface area contributed by atoms with Crippen LogP contribution >= 0.6 is 0 Å². The van der Waals surface area contributed by atoms with Crippen LogP contribution in [0.4, 0.5) is 10.5 Å². The van der Waals surface area contributed by atoms with E-state index in [1.807, 2.05) is 40.7 Å². The normalized spacial score (nSPS) is 11.4. The third-order valence-electron chi connectivity index (χ3n) is 2.03. The van der Waals surface area contributed by atoms with Crippen LogP contribution in [0.2, 0.25) is 0 Å². The molecule has 1 aromatic heterocycles. The number of nitrogens with zero attached hydrogens (tertiary/aromatic N) is 2. The Kier molecular flexibility index (Phi) is 4.10. The highest BCUT2D eigenvalue weighted by Crippen LogP contribution is 2.19. The van der Waals surface area contributed by atoms with Crippen molar-refractivity contribution >= 4 is 11.8 Å². The molecular formula is C13H20N2O2. The summed E-state index contributed by atoms with van der Waals surface area (Å²) in [6, 6.07) is 3.67. The van der Waals surface area contributed by atoms with E-state index in [9.17, 15) is 4.79 Å². The summed E-state index contributed by atoms with van der Waals surface area (Å²) in [4.78, 5) is 17.7. The van der Waals surface area contributed by atoms with Crippen LogP contribution in [0.5, 0.6) is 0 Å². The third kappa shape index (κ3) is 4.06. The lowest BCUT2D eigenvalue weighted by Gasteiger charge is -2.29. The van der Waals surface area contributed by atoms with Crippen LogP contribution in [0, 0.1) is 0 Å². The van der Waals surface area contributed by atoms with Gasteiger partial charge in [-0.05, 0) is 46.8 Å². The van der Waals surface area contributed by atoms with Gasteiger partial charge in [0.15, 0.2) is 0 Å². The second-order valence-corrected chi connectivity index (χ2v) is 5.16. The van der Waals surface area contributed by atoms with Gasteiger partial charge in [0.05, 0.1) is 11.9 Å². The minimum Gasteiger partial charge on any atom is -0.443 e. The maximum Gasteiger partial charge on any atom is 0.415 e. The fourth-order valence-corrected chi connectivity index (χ4v) is 1.42. The van der Waals surface area contributed by atoms with Gasteiger partial charge in [-0.25, -0.2) is 4.79 Å². The fraction of sp³-hybridized carbons (Fsp3) is 0.538. The summed E-state index contributed by atoms with van der Waals surface area (Å²) in [6.07, 6.45) is 2.99. The number of anilines is 1. The van der Waals surface area contributed by atoms with Gasteiger partial charge < -0.3 is 4.74 Å². The van der Waals surface area contributed by atoms with Crippen molar-refractivity contribution in [3.63, 3.8) is 0 Å². The Bertz CT molecular complexity index is 369. The third-order valence-corrected chi connectivity index (χ3v) is 2.03. The molecule has 0 radical (unpaired) electrons. The Balaban J connectivity index is 2.92. The van der Waals surface area contributed by atoms with Gasteiger partial charge in [-0.1, -0.05) is 0 Å². The molecule has 1 amide bonds. The lowest BCUT2D eigenvalue weighted by atomic mass is 10.2. The number of pyridine rings is 1. The fourth-order valence-electron chi connectivity index (χ4n) is 1.42. The number of aromatic nitrogens is 1. The molecule has 0 unspecified atom stereocenters. The summed E-state index contributed by atoms with van der Waals surface area (Å²) in [5, 5.41) is 0. The molecule has 1 rings (SSSR count). The van der Waals surface area contributed by atoms with Gasteiger partial charge in [0.1, 0.15) is 5.60 Å². The van der Waals surface area contributed by atoms with E-state index in [-0.39, 0.29) is 12.1 Å². The van der Waals surface area contributed by atoms with Gasteiger partial charge in [-0.2, -0.15) is 0 Å². The van der Waals surface area contributed by atoms with E-state index in [4.69, 9.17) is 4.74 Å². The first kappa shape index (κ1) is 13.5. The number of amides is 1. The molecule has 17 heavy (non-hydrogen) atoms.